The zero-order valence-electron chi connectivity index (χ0n) is 12.1. The molecule has 20 heavy (non-hydrogen) atoms. The Morgan fingerprint density at radius 3 is 2.40 bits per heavy atom. The molecule has 0 spiro atoms. The minimum atomic E-state index is -0.781. The average Bonchev–Trinajstić information content (AvgIpc) is 2.79. The van der Waals surface area contributed by atoms with E-state index in [4.69, 9.17) is 5.11 Å². The molecule has 0 aromatic heterocycles. The van der Waals surface area contributed by atoms with Crippen molar-refractivity contribution in [3.63, 3.8) is 0 Å². The Hall–Kier alpha value is -0.830. The Morgan fingerprint density at radius 2 is 1.80 bits per heavy atom. The summed E-state index contributed by atoms with van der Waals surface area (Å²) >= 11 is 0. The molecule has 5 fully saturated rings. The summed E-state index contributed by atoms with van der Waals surface area (Å²) in [5.74, 6) is 4.20. The van der Waals surface area contributed by atoms with Gasteiger partial charge in [0.1, 0.15) is 0 Å². The fourth-order valence-electron chi connectivity index (χ4n) is 5.83. The third-order valence-corrected chi connectivity index (χ3v) is 6.39. The predicted molar refractivity (Wildman–Crippen MR) is 77.3 cm³/mol. The molecule has 0 aromatic carbocycles. The summed E-state index contributed by atoms with van der Waals surface area (Å²) in [6.45, 7) is 3.20. The molecule has 3 heteroatoms. The Labute approximate surface area is 121 Å². The number of hydrogen-bond acceptors (Lipinski definition) is 2. The average molecular weight is 275 g/mol. The van der Waals surface area contributed by atoms with Gasteiger partial charge in [0.15, 0.2) is 0 Å². The van der Waals surface area contributed by atoms with Crippen LogP contribution in [0.25, 0.3) is 0 Å². The van der Waals surface area contributed by atoms with Gasteiger partial charge in [-0.3, -0.25) is 4.90 Å². The van der Waals surface area contributed by atoms with Crippen LogP contribution in [-0.2, 0) is 4.79 Å². The van der Waals surface area contributed by atoms with E-state index in [0.717, 1.165) is 54.7 Å². The molecule has 0 amide bonds. The Balaban J connectivity index is 1.39. The molecule has 4 aliphatic carbocycles. The molecule has 0 unspecified atom stereocenters. The molecular formula is C17H25NO2. The Morgan fingerprint density at radius 1 is 1.15 bits per heavy atom. The quantitative estimate of drug-likeness (QED) is 0.805. The van der Waals surface area contributed by atoms with Crippen molar-refractivity contribution in [2.45, 2.75) is 38.5 Å². The number of likely N-dealkylation sites (tertiary alicyclic amines) is 1. The van der Waals surface area contributed by atoms with Gasteiger partial charge >= 0.3 is 5.97 Å². The molecule has 1 heterocycles. The van der Waals surface area contributed by atoms with Gasteiger partial charge in [0.05, 0.1) is 0 Å². The highest BCUT2D eigenvalue weighted by molar-refractivity contribution is 5.80. The van der Waals surface area contributed by atoms with Gasteiger partial charge in [-0.25, -0.2) is 4.79 Å². The van der Waals surface area contributed by atoms with Gasteiger partial charge in [0.2, 0.25) is 0 Å². The molecule has 0 radical (unpaired) electrons. The second-order valence-electron chi connectivity index (χ2n) is 7.72. The highest BCUT2D eigenvalue weighted by Gasteiger charge is 2.48. The molecule has 4 saturated carbocycles. The third kappa shape index (κ3) is 2.30. The van der Waals surface area contributed by atoms with Crippen molar-refractivity contribution in [2.75, 3.05) is 19.6 Å². The molecule has 0 atom stereocenters. The van der Waals surface area contributed by atoms with Crippen LogP contribution in [-0.4, -0.2) is 35.6 Å². The van der Waals surface area contributed by atoms with E-state index >= 15 is 0 Å². The molecule has 4 bridgehead atoms. The van der Waals surface area contributed by atoms with Gasteiger partial charge in [-0.05, 0) is 73.7 Å². The van der Waals surface area contributed by atoms with E-state index in [1.165, 1.54) is 44.7 Å². The first kappa shape index (κ1) is 12.9. The molecule has 5 aliphatic rings. The van der Waals surface area contributed by atoms with Crippen molar-refractivity contribution in [3.05, 3.63) is 11.6 Å². The number of carboxylic acids is 1. The zero-order chi connectivity index (χ0) is 13.7. The smallest absolute Gasteiger partial charge is 0.328 e. The lowest BCUT2D eigenvalue weighted by Crippen LogP contribution is -2.48. The van der Waals surface area contributed by atoms with Crippen LogP contribution in [0.5, 0.6) is 0 Å². The molecule has 1 saturated heterocycles. The van der Waals surface area contributed by atoms with Gasteiger partial charge in [-0.2, -0.15) is 0 Å². The molecule has 110 valence electrons. The maximum atomic E-state index is 10.8. The summed E-state index contributed by atoms with van der Waals surface area (Å²) in [5.41, 5.74) is 1.11. The first-order valence-electron chi connectivity index (χ1n) is 8.32. The van der Waals surface area contributed by atoms with Crippen molar-refractivity contribution in [3.8, 4) is 0 Å². The van der Waals surface area contributed by atoms with Crippen LogP contribution in [0.4, 0.5) is 0 Å². The number of nitrogens with zero attached hydrogens (tertiary/aromatic N) is 1. The fraction of sp³-hybridized carbons (Fsp3) is 0.824. The van der Waals surface area contributed by atoms with Crippen molar-refractivity contribution in [2.24, 2.45) is 29.6 Å². The van der Waals surface area contributed by atoms with E-state index in [2.05, 4.69) is 4.90 Å². The molecular weight excluding hydrogens is 250 g/mol. The van der Waals surface area contributed by atoms with E-state index in [1.54, 1.807) is 0 Å². The predicted octanol–water partition coefficient (Wildman–Crippen LogP) is 2.78. The van der Waals surface area contributed by atoms with Gasteiger partial charge in [0, 0.05) is 25.7 Å². The van der Waals surface area contributed by atoms with Crippen molar-refractivity contribution in [1.29, 1.82) is 0 Å². The normalized spacial score (nSPS) is 45.4. The first-order chi connectivity index (χ1) is 9.67. The third-order valence-electron chi connectivity index (χ3n) is 6.39. The topological polar surface area (TPSA) is 40.5 Å². The highest BCUT2D eigenvalue weighted by Crippen LogP contribution is 2.56. The molecule has 0 aromatic rings. The molecule has 1 N–H and O–H groups in total. The van der Waals surface area contributed by atoms with Crippen LogP contribution < -0.4 is 0 Å². The number of carboxylic acid groups (broad SMARTS) is 1. The largest absolute Gasteiger partial charge is 0.478 e. The number of hydrogen-bond donors (Lipinski definition) is 1. The lowest BCUT2D eigenvalue weighted by atomic mass is 9.52. The maximum Gasteiger partial charge on any atom is 0.328 e. The van der Waals surface area contributed by atoms with Crippen LogP contribution in [0.1, 0.15) is 38.5 Å². The summed E-state index contributed by atoms with van der Waals surface area (Å²) in [6, 6.07) is 0. The summed E-state index contributed by atoms with van der Waals surface area (Å²) < 4.78 is 0. The molecule has 3 nitrogen and oxygen atoms in total. The summed E-state index contributed by atoms with van der Waals surface area (Å²) in [6.07, 6.45) is 9.87. The van der Waals surface area contributed by atoms with Crippen molar-refractivity contribution >= 4 is 5.97 Å². The summed E-state index contributed by atoms with van der Waals surface area (Å²) in [5, 5.41) is 8.85. The van der Waals surface area contributed by atoms with E-state index in [0.29, 0.717) is 0 Å². The number of aliphatic carboxylic acids is 1. The van der Waals surface area contributed by atoms with E-state index < -0.39 is 5.97 Å². The van der Waals surface area contributed by atoms with E-state index in [9.17, 15) is 4.79 Å². The van der Waals surface area contributed by atoms with Gasteiger partial charge in [-0.1, -0.05) is 0 Å². The standard InChI is InChI=1S/C17H25NO2/c19-17(20)8-11-1-2-18(9-11)10-16-14-4-12-3-13(6-14)7-15(16)5-12/h8,12-16H,1-7,9-10H2,(H,19,20)/b11-8+. The Kier molecular flexibility index (Phi) is 3.13. The molecule has 5 rings (SSSR count). The monoisotopic (exact) mass is 275 g/mol. The highest BCUT2D eigenvalue weighted by atomic mass is 16.4. The van der Waals surface area contributed by atoms with Crippen molar-refractivity contribution < 1.29 is 9.90 Å². The molecule has 1 aliphatic heterocycles. The first-order valence-corrected chi connectivity index (χ1v) is 8.32. The fourth-order valence-corrected chi connectivity index (χ4v) is 5.83. The number of carbonyl (C=O) groups is 1. The number of rotatable bonds is 3. The Bertz CT molecular complexity index is 414. The van der Waals surface area contributed by atoms with Crippen LogP contribution in [0.15, 0.2) is 11.6 Å². The minimum absolute atomic E-state index is 0.781. The lowest BCUT2D eigenvalue weighted by Gasteiger charge is -2.55. The van der Waals surface area contributed by atoms with Gasteiger partial charge in [-0.15, -0.1) is 0 Å². The van der Waals surface area contributed by atoms with Crippen LogP contribution in [0.3, 0.4) is 0 Å². The van der Waals surface area contributed by atoms with Crippen LogP contribution in [0.2, 0.25) is 0 Å². The second-order valence-corrected chi connectivity index (χ2v) is 7.72. The van der Waals surface area contributed by atoms with Crippen LogP contribution >= 0.6 is 0 Å². The van der Waals surface area contributed by atoms with Gasteiger partial charge < -0.3 is 5.11 Å². The summed E-state index contributed by atoms with van der Waals surface area (Å²) in [4.78, 5) is 13.3. The summed E-state index contributed by atoms with van der Waals surface area (Å²) in [7, 11) is 0. The SMILES string of the molecule is O=C(O)/C=C1\CCN(CC2C3CC4CC(C3)CC2C4)C1. The minimum Gasteiger partial charge on any atom is -0.478 e. The van der Waals surface area contributed by atoms with Crippen LogP contribution in [0, 0.1) is 29.6 Å². The van der Waals surface area contributed by atoms with E-state index in [1.807, 2.05) is 0 Å². The van der Waals surface area contributed by atoms with Crippen molar-refractivity contribution in [1.82, 2.24) is 4.90 Å². The maximum absolute atomic E-state index is 10.8. The lowest BCUT2D eigenvalue weighted by molar-refractivity contribution is -0.131. The second kappa shape index (κ2) is 4.87. The van der Waals surface area contributed by atoms with E-state index in [-0.39, 0.29) is 0 Å². The zero-order valence-corrected chi connectivity index (χ0v) is 12.1. The van der Waals surface area contributed by atoms with Gasteiger partial charge in [0.25, 0.3) is 0 Å².